The van der Waals surface area contributed by atoms with Crippen LogP contribution in [0.1, 0.15) is 47.1 Å². The number of nitrogens with zero attached hydrogens (tertiary/aromatic N) is 2. The van der Waals surface area contributed by atoms with E-state index in [4.69, 9.17) is 4.74 Å². The average molecular weight is 398 g/mol. The molecule has 21 heavy (non-hydrogen) atoms. The third-order valence-electron chi connectivity index (χ3n) is 3.37. The third-order valence-corrected chi connectivity index (χ3v) is 4.43. The smallest absolute Gasteiger partial charge is 0.359 e. The van der Waals surface area contributed by atoms with Gasteiger partial charge in [-0.25, -0.2) is 9.48 Å². The molecule has 0 saturated heterocycles. The lowest BCUT2D eigenvalue weighted by atomic mass is 10.1. The van der Waals surface area contributed by atoms with Gasteiger partial charge in [0, 0.05) is 0 Å². The molecule has 1 aromatic carbocycles. The van der Waals surface area contributed by atoms with Crippen molar-refractivity contribution < 1.29 is 9.53 Å². The number of carbonyl (C=O) groups excluding carboxylic acids is 1. The molecule has 0 N–H and O–H groups in total. The van der Waals surface area contributed by atoms with Crippen LogP contribution in [0.25, 0.3) is 5.69 Å². The van der Waals surface area contributed by atoms with E-state index in [0.29, 0.717) is 5.69 Å². The van der Waals surface area contributed by atoms with E-state index in [1.54, 1.807) is 0 Å². The van der Waals surface area contributed by atoms with E-state index < -0.39 is 5.97 Å². The van der Waals surface area contributed by atoms with E-state index in [2.05, 4.69) is 67.5 Å². The SMILES string of the molecule is COC(=O)c1nn(-c2ccc(C)cc2C)c(C(C)C)c1I. The van der Waals surface area contributed by atoms with Crippen molar-refractivity contribution >= 4 is 28.6 Å². The first-order chi connectivity index (χ1) is 9.86. The van der Waals surface area contributed by atoms with Crippen LogP contribution in [-0.2, 0) is 4.74 Å². The molecule has 112 valence electrons. The number of aryl methyl sites for hydroxylation is 2. The van der Waals surface area contributed by atoms with E-state index in [1.807, 2.05) is 10.7 Å². The second-order valence-electron chi connectivity index (χ2n) is 5.40. The van der Waals surface area contributed by atoms with Crippen LogP contribution < -0.4 is 0 Å². The molecule has 0 fully saturated rings. The Hall–Kier alpha value is -1.37. The highest BCUT2D eigenvalue weighted by Crippen LogP contribution is 2.29. The topological polar surface area (TPSA) is 44.1 Å². The zero-order valence-corrected chi connectivity index (χ0v) is 15.1. The highest BCUT2D eigenvalue weighted by Gasteiger charge is 2.24. The lowest BCUT2D eigenvalue weighted by molar-refractivity contribution is 0.0592. The fourth-order valence-electron chi connectivity index (χ4n) is 2.36. The minimum Gasteiger partial charge on any atom is -0.464 e. The molecule has 1 heterocycles. The summed E-state index contributed by atoms with van der Waals surface area (Å²) in [5.41, 5.74) is 4.74. The van der Waals surface area contributed by atoms with Crippen molar-refractivity contribution in [1.82, 2.24) is 9.78 Å². The normalized spacial score (nSPS) is 11.0. The number of ether oxygens (including phenoxy) is 1. The summed E-state index contributed by atoms with van der Waals surface area (Å²) in [6.45, 7) is 8.31. The zero-order chi connectivity index (χ0) is 15.7. The number of halogens is 1. The van der Waals surface area contributed by atoms with Gasteiger partial charge in [0.25, 0.3) is 0 Å². The van der Waals surface area contributed by atoms with Crippen LogP contribution in [0, 0.1) is 17.4 Å². The van der Waals surface area contributed by atoms with Crippen molar-refractivity contribution in [3.8, 4) is 5.69 Å². The van der Waals surface area contributed by atoms with Gasteiger partial charge in [0.2, 0.25) is 0 Å². The fourth-order valence-corrected chi connectivity index (χ4v) is 3.54. The lowest BCUT2D eigenvalue weighted by Crippen LogP contribution is -2.07. The summed E-state index contributed by atoms with van der Waals surface area (Å²) in [7, 11) is 1.38. The Kier molecular flexibility index (Phi) is 4.70. The van der Waals surface area contributed by atoms with Crippen LogP contribution >= 0.6 is 22.6 Å². The highest BCUT2D eigenvalue weighted by atomic mass is 127. The molecule has 0 amide bonds. The van der Waals surface area contributed by atoms with Crippen molar-refractivity contribution in [3.05, 3.63) is 44.3 Å². The number of aromatic nitrogens is 2. The summed E-state index contributed by atoms with van der Waals surface area (Å²) in [6.07, 6.45) is 0. The molecule has 5 heteroatoms. The first kappa shape index (κ1) is 16.0. The molecule has 0 aliphatic heterocycles. The second kappa shape index (κ2) is 6.17. The Bertz CT molecular complexity index is 690. The Morgan fingerprint density at radius 2 is 2.00 bits per heavy atom. The Morgan fingerprint density at radius 3 is 2.52 bits per heavy atom. The maximum absolute atomic E-state index is 11.9. The molecule has 0 aliphatic rings. The largest absolute Gasteiger partial charge is 0.464 e. The van der Waals surface area contributed by atoms with Gasteiger partial charge in [0.05, 0.1) is 22.1 Å². The average Bonchev–Trinajstić information content (AvgIpc) is 2.75. The number of methoxy groups -OCH3 is 1. The first-order valence-corrected chi connectivity index (χ1v) is 7.89. The Labute approximate surface area is 138 Å². The van der Waals surface area contributed by atoms with Crippen molar-refractivity contribution in [2.24, 2.45) is 0 Å². The molecular weight excluding hydrogens is 379 g/mol. The van der Waals surface area contributed by atoms with Crippen molar-refractivity contribution in [1.29, 1.82) is 0 Å². The second-order valence-corrected chi connectivity index (χ2v) is 6.47. The van der Waals surface area contributed by atoms with Crippen molar-refractivity contribution in [2.45, 2.75) is 33.6 Å². The maximum Gasteiger partial charge on any atom is 0.359 e. The standard InChI is InChI=1S/C16H19IN2O2/c1-9(2)15-13(17)14(16(20)21-5)18-19(15)12-7-6-10(3)8-11(12)4/h6-9H,1-5H3. The summed E-state index contributed by atoms with van der Waals surface area (Å²) >= 11 is 2.18. The summed E-state index contributed by atoms with van der Waals surface area (Å²) in [6, 6.07) is 6.21. The highest BCUT2D eigenvalue weighted by molar-refractivity contribution is 14.1. The molecule has 4 nitrogen and oxygen atoms in total. The Morgan fingerprint density at radius 1 is 1.33 bits per heavy atom. The number of hydrogen-bond donors (Lipinski definition) is 0. The predicted octanol–water partition coefficient (Wildman–Crippen LogP) is 4.00. The van der Waals surface area contributed by atoms with Gasteiger partial charge < -0.3 is 4.74 Å². The van der Waals surface area contributed by atoms with Gasteiger partial charge >= 0.3 is 5.97 Å². The van der Waals surface area contributed by atoms with E-state index >= 15 is 0 Å². The molecule has 0 atom stereocenters. The maximum atomic E-state index is 11.9. The van der Waals surface area contributed by atoms with Gasteiger partial charge in [-0.3, -0.25) is 0 Å². The fraction of sp³-hybridized carbons (Fsp3) is 0.375. The summed E-state index contributed by atoms with van der Waals surface area (Å²) < 4.78 is 7.56. The van der Waals surface area contributed by atoms with Gasteiger partial charge in [0.15, 0.2) is 5.69 Å². The summed E-state index contributed by atoms with van der Waals surface area (Å²) in [5.74, 6) is -0.145. The van der Waals surface area contributed by atoms with E-state index in [-0.39, 0.29) is 5.92 Å². The molecule has 0 radical (unpaired) electrons. The number of benzene rings is 1. The van der Waals surface area contributed by atoms with Crippen LogP contribution in [0.5, 0.6) is 0 Å². The molecule has 0 aliphatic carbocycles. The van der Waals surface area contributed by atoms with E-state index in [0.717, 1.165) is 20.5 Å². The van der Waals surface area contributed by atoms with Crippen LogP contribution in [0.3, 0.4) is 0 Å². The third kappa shape index (κ3) is 2.97. The lowest BCUT2D eigenvalue weighted by Gasteiger charge is -2.13. The van der Waals surface area contributed by atoms with Crippen LogP contribution in [-0.4, -0.2) is 22.9 Å². The van der Waals surface area contributed by atoms with Gasteiger partial charge in [-0.05, 0) is 54.0 Å². The minimum absolute atomic E-state index is 0.253. The molecule has 2 rings (SSSR count). The molecule has 1 aromatic heterocycles. The Balaban J connectivity index is 2.70. The number of hydrogen-bond acceptors (Lipinski definition) is 3. The van der Waals surface area contributed by atoms with Crippen LogP contribution in [0.15, 0.2) is 18.2 Å². The quantitative estimate of drug-likeness (QED) is 0.580. The molecule has 0 unspecified atom stereocenters. The van der Waals surface area contributed by atoms with Gasteiger partial charge in [-0.1, -0.05) is 31.5 Å². The van der Waals surface area contributed by atoms with Crippen LogP contribution in [0.2, 0.25) is 0 Å². The first-order valence-electron chi connectivity index (χ1n) is 6.81. The van der Waals surface area contributed by atoms with Gasteiger partial charge in [-0.2, -0.15) is 5.10 Å². The minimum atomic E-state index is -0.398. The summed E-state index contributed by atoms with van der Waals surface area (Å²) in [4.78, 5) is 11.9. The van der Waals surface area contributed by atoms with E-state index in [1.165, 1.54) is 12.7 Å². The molecule has 0 bridgehead atoms. The monoisotopic (exact) mass is 398 g/mol. The molecule has 0 saturated carbocycles. The zero-order valence-electron chi connectivity index (χ0n) is 12.9. The molecule has 2 aromatic rings. The van der Waals surface area contributed by atoms with E-state index in [9.17, 15) is 4.79 Å². The predicted molar refractivity (Wildman–Crippen MR) is 91.2 cm³/mol. The number of esters is 1. The number of carbonyl (C=O) groups is 1. The summed E-state index contributed by atoms with van der Waals surface area (Å²) in [5, 5.41) is 4.50. The molecular formula is C16H19IN2O2. The van der Waals surface area contributed by atoms with Crippen LogP contribution in [0.4, 0.5) is 0 Å². The number of rotatable bonds is 3. The van der Waals surface area contributed by atoms with Gasteiger partial charge in [0.1, 0.15) is 0 Å². The van der Waals surface area contributed by atoms with Gasteiger partial charge in [-0.15, -0.1) is 0 Å². The molecule has 0 spiro atoms. The van der Waals surface area contributed by atoms with Crippen molar-refractivity contribution in [3.63, 3.8) is 0 Å². The van der Waals surface area contributed by atoms with Crippen molar-refractivity contribution in [2.75, 3.05) is 7.11 Å².